The molecule has 0 aromatic rings. The summed E-state index contributed by atoms with van der Waals surface area (Å²) in [7, 11) is 0. The van der Waals surface area contributed by atoms with Gasteiger partial charge in [-0.25, -0.2) is 0 Å². The Hall–Kier alpha value is -2.64. The molecular formula is C70H127NO10. The molecule has 81 heavy (non-hydrogen) atoms. The zero-order valence-electron chi connectivity index (χ0n) is 52.4. The maximum Gasteiger partial charge on any atom is 0.306 e. The largest absolute Gasteiger partial charge is 0.454 e. The minimum atomic E-state index is -1.62. The molecule has 11 nitrogen and oxygen atoms in total. The van der Waals surface area contributed by atoms with E-state index in [0.29, 0.717) is 19.3 Å². The van der Waals surface area contributed by atoms with Gasteiger partial charge in [0.25, 0.3) is 0 Å². The summed E-state index contributed by atoms with van der Waals surface area (Å²) in [5.74, 6) is -1.20. The highest BCUT2D eigenvalue weighted by Gasteiger charge is 2.47. The van der Waals surface area contributed by atoms with Gasteiger partial charge in [-0.15, -0.1) is 0 Å². The summed E-state index contributed by atoms with van der Waals surface area (Å²) >= 11 is 0. The van der Waals surface area contributed by atoms with Crippen molar-refractivity contribution in [2.75, 3.05) is 13.2 Å². The highest BCUT2D eigenvalue weighted by atomic mass is 16.7. The number of hydrogen-bond donors (Lipinski definition) is 6. The molecule has 1 rings (SSSR count). The van der Waals surface area contributed by atoms with Crippen molar-refractivity contribution in [1.82, 2.24) is 5.32 Å². The Morgan fingerprint density at radius 2 is 0.852 bits per heavy atom. The van der Waals surface area contributed by atoms with E-state index in [0.717, 1.165) is 103 Å². The molecule has 1 aliphatic heterocycles. The molecule has 0 aromatic carbocycles. The number of carbonyl (C=O) groups excluding carboxylic acids is 2. The molecule has 11 heteroatoms. The number of aliphatic hydroxyl groups excluding tert-OH is 5. The molecule has 1 aliphatic rings. The van der Waals surface area contributed by atoms with E-state index in [1.807, 2.05) is 6.08 Å². The number of ether oxygens (including phenoxy) is 3. The summed E-state index contributed by atoms with van der Waals surface area (Å²) in [5, 5.41) is 57.1. The molecular weight excluding hydrogens is 1010 g/mol. The fourth-order valence-electron chi connectivity index (χ4n) is 10.5. The number of hydrogen-bond acceptors (Lipinski definition) is 10. The Labute approximate surface area is 497 Å². The van der Waals surface area contributed by atoms with Gasteiger partial charge in [-0.05, 0) is 70.6 Å². The van der Waals surface area contributed by atoms with Gasteiger partial charge in [0.2, 0.25) is 5.91 Å². The fraction of sp³-hybridized carbons (Fsp3) is 0.829. The van der Waals surface area contributed by atoms with Crippen molar-refractivity contribution in [3.63, 3.8) is 0 Å². The Balaban J connectivity index is 2.60. The topological polar surface area (TPSA) is 175 Å². The average molecular weight is 1140 g/mol. The summed E-state index contributed by atoms with van der Waals surface area (Å²) in [6.07, 6.45) is 62.6. The minimum Gasteiger partial charge on any atom is -0.454 e. The number of unbranched alkanes of at least 4 members (excludes halogenated alkanes) is 36. The Morgan fingerprint density at radius 3 is 1.30 bits per heavy atom. The lowest BCUT2D eigenvalue weighted by Gasteiger charge is -2.41. The summed E-state index contributed by atoms with van der Waals surface area (Å²) in [5.41, 5.74) is 0. The summed E-state index contributed by atoms with van der Waals surface area (Å²) in [6, 6.07) is -1.03. The third kappa shape index (κ3) is 45.4. The number of carbonyl (C=O) groups is 2. The van der Waals surface area contributed by atoms with Crippen LogP contribution in [-0.2, 0) is 23.8 Å². The Bertz CT molecular complexity index is 1550. The lowest BCUT2D eigenvalue weighted by atomic mass is 9.99. The predicted molar refractivity (Wildman–Crippen MR) is 338 cm³/mol. The van der Waals surface area contributed by atoms with Gasteiger partial charge in [-0.3, -0.25) is 9.59 Å². The standard InChI is InChI=1S/C70H127NO10/c1-4-7-10-13-16-19-22-24-26-28-30-31-32-33-34-36-38-40-43-46-49-52-55-58-65(75)81-68-67(77)66(76)64(59-72)80-70(68)79-60-61(62(73)56-53-50-47-44-41-21-18-15-12-9-6-3)71-69(78)63(74)57-54-51-48-45-42-39-37-35-29-27-25-23-20-17-14-11-8-5-2/h16,19,24,26,30-31,33-34,53,56,61-64,66-68,70,72-74,76-77H,4-15,17-18,20-23,25,27-29,32,35-52,54-55,57-60H2,1-3H3,(H,71,78)/b19-16-,26-24-,31-30-,34-33-,56-53+. The second-order valence-corrected chi connectivity index (χ2v) is 23.6. The van der Waals surface area contributed by atoms with Crippen molar-refractivity contribution >= 4 is 11.9 Å². The van der Waals surface area contributed by atoms with E-state index in [9.17, 15) is 35.1 Å². The van der Waals surface area contributed by atoms with Crippen LogP contribution >= 0.6 is 0 Å². The van der Waals surface area contributed by atoms with Gasteiger partial charge in [0.15, 0.2) is 12.4 Å². The number of allylic oxidation sites excluding steroid dienone is 9. The van der Waals surface area contributed by atoms with Crippen LogP contribution in [0.1, 0.15) is 310 Å². The van der Waals surface area contributed by atoms with E-state index in [-0.39, 0.29) is 13.0 Å². The van der Waals surface area contributed by atoms with Crippen LogP contribution in [-0.4, -0.2) is 99.6 Å². The molecule has 0 saturated carbocycles. The number of rotatable bonds is 58. The minimum absolute atomic E-state index is 0.111. The fourth-order valence-corrected chi connectivity index (χ4v) is 10.5. The van der Waals surface area contributed by atoms with Crippen molar-refractivity contribution in [2.45, 2.75) is 359 Å². The molecule has 1 amide bonds. The summed E-state index contributed by atoms with van der Waals surface area (Å²) in [6.45, 7) is 5.78. The summed E-state index contributed by atoms with van der Waals surface area (Å²) in [4.78, 5) is 26.6. The predicted octanol–water partition coefficient (Wildman–Crippen LogP) is 17.0. The van der Waals surface area contributed by atoms with Gasteiger partial charge < -0.3 is 45.1 Å². The molecule has 8 unspecified atom stereocenters. The molecule has 472 valence electrons. The quantitative estimate of drug-likeness (QED) is 0.0195. The maximum absolute atomic E-state index is 13.4. The average Bonchev–Trinajstić information content (AvgIpc) is 3.50. The second kappa shape index (κ2) is 57.8. The van der Waals surface area contributed by atoms with Crippen LogP contribution in [0.25, 0.3) is 0 Å². The van der Waals surface area contributed by atoms with E-state index < -0.39 is 67.4 Å². The zero-order chi connectivity index (χ0) is 58.9. The van der Waals surface area contributed by atoms with Crippen LogP contribution in [0.5, 0.6) is 0 Å². The van der Waals surface area contributed by atoms with E-state index >= 15 is 0 Å². The third-order valence-corrected chi connectivity index (χ3v) is 15.9. The first kappa shape index (κ1) is 76.4. The lowest BCUT2D eigenvalue weighted by molar-refractivity contribution is -0.305. The van der Waals surface area contributed by atoms with Crippen LogP contribution < -0.4 is 5.32 Å². The van der Waals surface area contributed by atoms with Crippen molar-refractivity contribution in [1.29, 1.82) is 0 Å². The molecule has 0 spiro atoms. The molecule has 0 aliphatic carbocycles. The van der Waals surface area contributed by atoms with Gasteiger partial charge >= 0.3 is 5.97 Å². The normalized spacial score (nSPS) is 19.0. The molecule has 6 N–H and O–H groups in total. The van der Waals surface area contributed by atoms with Crippen molar-refractivity contribution in [3.8, 4) is 0 Å². The second-order valence-electron chi connectivity index (χ2n) is 23.6. The SMILES string of the molecule is CCCCC/C=C\C/C=C\C/C=C\C/C=C\CCCCCCCCCC(=O)OC1C(OCC(NC(=O)C(O)CCCCCCCCCCCCCCCCCCCC)C(O)/C=C/CCCCCCCCCCC)OC(CO)C(O)C1O. The first-order chi connectivity index (χ1) is 39.7. The molecule has 0 aromatic heterocycles. The number of nitrogens with one attached hydrogen (secondary N) is 1. The zero-order valence-corrected chi connectivity index (χ0v) is 52.4. The monoisotopic (exact) mass is 1140 g/mol. The van der Waals surface area contributed by atoms with Gasteiger partial charge in [0.05, 0.1) is 25.4 Å². The maximum atomic E-state index is 13.4. The molecule has 1 saturated heterocycles. The summed E-state index contributed by atoms with van der Waals surface area (Å²) < 4.78 is 17.7. The number of amides is 1. The first-order valence-electron chi connectivity index (χ1n) is 34.1. The van der Waals surface area contributed by atoms with E-state index in [2.05, 4.69) is 74.7 Å². The van der Waals surface area contributed by atoms with Crippen molar-refractivity contribution < 1.29 is 49.3 Å². The Morgan fingerprint density at radius 1 is 0.481 bits per heavy atom. The van der Waals surface area contributed by atoms with E-state index in [1.54, 1.807) is 6.08 Å². The van der Waals surface area contributed by atoms with Gasteiger partial charge in [0, 0.05) is 6.42 Å². The molecule has 1 heterocycles. The van der Waals surface area contributed by atoms with Crippen LogP contribution in [0.15, 0.2) is 60.8 Å². The van der Waals surface area contributed by atoms with Crippen LogP contribution in [0.2, 0.25) is 0 Å². The molecule has 8 atom stereocenters. The Kier molecular flexibility index (Phi) is 54.5. The number of esters is 1. The van der Waals surface area contributed by atoms with Crippen molar-refractivity contribution in [3.05, 3.63) is 60.8 Å². The highest BCUT2D eigenvalue weighted by molar-refractivity contribution is 5.80. The van der Waals surface area contributed by atoms with E-state index in [4.69, 9.17) is 14.2 Å². The molecule has 0 bridgehead atoms. The molecule has 0 radical (unpaired) electrons. The number of aliphatic hydroxyl groups is 5. The third-order valence-electron chi connectivity index (χ3n) is 15.9. The van der Waals surface area contributed by atoms with Crippen LogP contribution in [0, 0.1) is 0 Å². The van der Waals surface area contributed by atoms with Gasteiger partial charge in [-0.1, -0.05) is 293 Å². The van der Waals surface area contributed by atoms with Gasteiger partial charge in [-0.2, -0.15) is 0 Å². The van der Waals surface area contributed by atoms with E-state index in [1.165, 1.54) is 161 Å². The van der Waals surface area contributed by atoms with Gasteiger partial charge in [0.1, 0.15) is 24.4 Å². The molecule has 1 fully saturated rings. The van der Waals surface area contributed by atoms with Crippen LogP contribution in [0.3, 0.4) is 0 Å². The lowest BCUT2D eigenvalue weighted by Crippen LogP contribution is -2.61. The first-order valence-corrected chi connectivity index (χ1v) is 34.1. The highest BCUT2D eigenvalue weighted by Crippen LogP contribution is 2.26. The van der Waals surface area contributed by atoms with Crippen LogP contribution in [0.4, 0.5) is 0 Å². The smallest absolute Gasteiger partial charge is 0.306 e. The van der Waals surface area contributed by atoms with Crippen molar-refractivity contribution in [2.24, 2.45) is 0 Å².